The summed E-state index contributed by atoms with van der Waals surface area (Å²) in [5.74, 6) is -1.30. The van der Waals surface area contributed by atoms with Gasteiger partial charge in [-0.15, -0.1) is 0 Å². The summed E-state index contributed by atoms with van der Waals surface area (Å²) in [6.07, 6.45) is 0.816. The highest BCUT2D eigenvalue weighted by Gasteiger charge is 2.21. The molecule has 0 aliphatic heterocycles. The van der Waals surface area contributed by atoms with Gasteiger partial charge in [-0.1, -0.05) is 23.2 Å². The van der Waals surface area contributed by atoms with Crippen LogP contribution >= 0.6 is 23.2 Å². The Hall–Kier alpha value is -2.38. The minimum absolute atomic E-state index is 0.114. The van der Waals surface area contributed by atoms with E-state index in [-0.39, 0.29) is 16.7 Å². The van der Waals surface area contributed by atoms with E-state index >= 15 is 0 Å². The van der Waals surface area contributed by atoms with Crippen LogP contribution in [0.15, 0.2) is 30.5 Å². The molecule has 0 aliphatic carbocycles. The number of nitrogens with zero attached hydrogens (tertiary/aromatic N) is 2. The molecule has 1 heterocycles. The Balaban J connectivity index is 2.36. The molecule has 7 nitrogen and oxygen atoms in total. The maximum atomic E-state index is 11.0. The van der Waals surface area contributed by atoms with Crippen LogP contribution in [0.25, 0.3) is 0 Å². The van der Waals surface area contributed by atoms with Gasteiger partial charge in [0.05, 0.1) is 15.0 Å². The van der Waals surface area contributed by atoms with Gasteiger partial charge in [0.2, 0.25) is 5.88 Å². The Labute approximate surface area is 127 Å². The summed E-state index contributed by atoms with van der Waals surface area (Å²) in [5, 5.41) is 20.2. The van der Waals surface area contributed by atoms with E-state index in [4.69, 9.17) is 33.0 Å². The molecule has 0 amide bonds. The summed E-state index contributed by atoms with van der Waals surface area (Å²) < 4.78 is 5.30. The first-order chi connectivity index (χ1) is 9.88. The number of carboxylic acid groups (broad SMARTS) is 1. The van der Waals surface area contributed by atoms with Crippen molar-refractivity contribution in [2.24, 2.45) is 0 Å². The zero-order chi connectivity index (χ0) is 15.6. The number of aromatic carboxylic acids is 1. The molecule has 108 valence electrons. The Morgan fingerprint density at radius 1 is 1.29 bits per heavy atom. The number of carboxylic acids is 1. The normalized spacial score (nSPS) is 10.2. The van der Waals surface area contributed by atoms with Gasteiger partial charge in [0.15, 0.2) is 0 Å². The number of hydrogen-bond donors (Lipinski definition) is 1. The average molecular weight is 329 g/mol. The second-order valence-electron chi connectivity index (χ2n) is 3.78. The zero-order valence-electron chi connectivity index (χ0n) is 10.1. The van der Waals surface area contributed by atoms with E-state index in [1.807, 2.05) is 0 Å². The first-order valence-corrected chi connectivity index (χ1v) is 6.14. The lowest BCUT2D eigenvalue weighted by atomic mass is 10.2. The quantitative estimate of drug-likeness (QED) is 0.676. The predicted octanol–water partition coefficient (Wildman–Crippen LogP) is 3.79. The molecule has 0 saturated carbocycles. The highest BCUT2D eigenvalue weighted by Crippen LogP contribution is 2.30. The van der Waals surface area contributed by atoms with Crippen LogP contribution in [0, 0.1) is 10.1 Å². The minimum Gasteiger partial charge on any atom is -0.477 e. The number of halogens is 2. The van der Waals surface area contributed by atoms with Crippen molar-refractivity contribution in [1.29, 1.82) is 0 Å². The summed E-state index contributed by atoms with van der Waals surface area (Å²) >= 11 is 11.6. The van der Waals surface area contributed by atoms with E-state index < -0.39 is 22.1 Å². The molecule has 0 atom stereocenters. The van der Waals surface area contributed by atoms with Gasteiger partial charge in [0.25, 0.3) is 0 Å². The van der Waals surface area contributed by atoms with Crippen molar-refractivity contribution >= 4 is 34.9 Å². The molecule has 21 heavy (non-hydrogen) atoms. The van der Waals surface area contributed by atoms with Crippen molar-refractivity contribution in [2.75, 3.05) is 0 Å². The summed E-state index contributed by atoms with van der Waals surface area (Å²) in [5.41, 5.74) is -1.14. The van der Waals surface area contributed by atoms with Gasteiger partial charge in [-0.2, -0.15) is 0 Å². The molecule has 0 saturated heterocycles. The lowest BCUT2D eigenvalue weighted by Crippen LogP contribution is -2.04. The molecule has 0 fully saturated rings. The third-order valence-corrected chi connectivity index (χ3v) is 3.14. The highest BCUT2D eigenvalue weighted by molar-refractivity contribution is 6.42. The van der Waals surface area contributed by atoms with Crippen LogP contribution in [0.2, 0.25) is 10.0 Å². The van der Waals surface area contributed by atoms with Gasteiger partial charge in [-0.25, -0.2) is 9.78 Å². The van der Waals surface area contributed by atoms with E-state index in [0.717, 1.165) is 12.3 Å². The van der Waals surface area contributed by atoms with Crippen LogP contribution < -0.4 is 4.74 Å². The van der Waals surface area contributed by atoms with Crippen LogP contribution in [0.1, 0.15) is 10.4 Å². The molecule has 0 aliphatic rings. The van der Waals surface area contributed by atoms with E-state index in [1.54, 1.807) is 0 Å². The van der Waals surface area contributed by atoms with Crippen molar-refractivity contribution in [3.05, 3.63) is 56.2 Å². The van der Waals surface area contributed by atoms with E-state index in [0.29, 0.717) is 5.02 Å². The minimum atomic E-state index is -1.46. The van der Waals surface area contributed by atoms with Gasteiger partial charge >= 0.3 is 11.7 Å². The molecule has 2 rings (SSSR count). The lowest BCUT2D eigenvalue weighted by Gasteiger charge is -2.06. The van der Waals surface area contributed by atoms with E-state index in [2.05, 4.69) is 4.98 Å². The van der Waals surface area contributed by atoms with Gasteiger partial charge < -0.3 is 9.84 Å². The monoisotopic (exact) mass is 328 g/mol. The second-order valence-corrected chi connectivity index (χ2v) is 4.59. The van der Waals surface area contributed by atoms with Crippen LogP contribution in [0.5, 0.6) is 11.6 Å². The molecular weight excluding hydrogens is 323 g/mol. The van der Waals surface area contributed by atoms with Crippen molar-refractivity contribution < 1.29 is 19.6 Å². The van der Waals surface area contributed by atoms with Gasteiger partial charge in [-0.3, -0.25) is 10.1 Å². The molecule has 9 heteroatoms. The second kappa shape index (κ2) is 5.94. The summed E-state index contributed by atoms with van der Waals surface area (Å²) in [6.45, 7) is 0. The maximum absolute atomic E-state index is 11.0. The molecule has 0 radical (unpaired) electrons. The number of rotatable bonds is 4. The number of hydrogen-bond acceptors (Lipinski definition) is 5. The van der Waals surface area contributed by atoms with Crippen molar-refractivity contribution in [3.8, 4) is 11.6 Å². The Kier molecular flexibility index (Phi) is 4.25. The third kappa shape index (κ3) is 3.39. The Bertz CT molecular complexity index is 736. The average Bonchev–Trinajstić information content (AvgIpc) is 2.42. The Morgan fingerprint density at radius 3 is 2.57 bits per heavy atom. The third-order valence-electron chi connectivity index (χ3n) is 2.40. The number of benzene rings is 1. The van der Waals surface area contributed by atoms with Crippen LogP contribution in [0.3, 0.4) is 0 Å². The first-order valence-electron chi connectivity index (χ1n) is 5.39. The molecular formula is C12H6Cl2N2O5. The molecule has 2 aromatic rings. The van der Waals surface area contributed by atoms with E-state index in [1.165, 1.54) is 18.2 Å². The first kappa shape index (κ1) is 15.0. The van der Waals surface area contributed by atoms with Crippen molar-refractivity contribution in [1.82, 2.24) is 4.98 Å². The zero-order valence-corrected chi connectivity index (χ0v) is 11.6. The SMILES string of the molecule is O=C(O)c1cc(Oc2ccc(Cl)c(Cl)c2)ncc1[N+](=O)[O-]. The fraction of sp³-hybridized carbons (Fsp3) is 0. The van der Waals surface area contributed by atoms with Crippen LogP contribution in [0.4, 0.5) is 5.69 Å². The summed E-state index contributed by atoms with van der Waals surface area (Å²) in [4.78, 5) is 24.6. The van der Waals surface area contributed by atoms with Gasteiger partial charge in [0.1, 0.15) is 17.5 Å². The summed E-state index contributed by atoms with van der Waals surface area (Å²) in [6, 6.07) is 5.36. The van der Waals surface area contributed by atoms with Crippen molar-refractivity contribution in [2.45, 2.75) is 0 Å². The smallest absolute Gasteiger partial charge is 0.342 e. The van der Waals surface area contributed by atoms with Gasteiger partial charge in [0, 0.05) is 12.1 Å². The molecule has 1 aromatic carbocycles. The number of carbonyl (C=O) groups is 1. The summed E-state index contributed by atoms with van der Waals surface area (Å²) in [7, 11) is 0. The molecule has 0 spiro atoms. The largest absolute Gasteiger partial charge is 0.477 e. The number of pyridine rings is 1. The lowest BCUT2D eigenvalue weighted by molar-refractivity contribution is -0.385. The fourth-order valence-electron chi connectivity index (χ4n) is 1.46. The fourth-order valence-corrected chi connectivity index (χ4v) is 1.75. The van der Waals surface area contributed by atoms with Crippen LogP contribution in [-0.4, -0.2) is 21.0 Å². The Morgan fingerprint density at radius 2 is 2.00 bits per heavy atom. The van der Waals surface area contributed by atoms with Crippen LogP contribution in [-0.2, 0) is 0 Å². The standard InChI is InChI=1S/C12H6Cl2N2O5/c13-8-2-1-6(3-9(8)14)21-11-4-7(12(17)18)10(5-15-11)16(19)20/h1-5H,(H,17,18). The van der Waals surface area contributed by atoms with Crippen molar-refractivity contribution in [3.63, 3.8) is 0 Å². The number of ether oxygens (including phenoxy) is 1. The van der Waals surface area contributed by atoms with E-state index in [9.17, 15) is 14.9 Å². The van der Waals surface area contributed by atoms with Gasteiger partial charge in [-0.05, 0) is 12.1 Å². The molecule has 0 unspecified atom stereocenters. The predicted molar refractivity (Wildman–Crippen MR) is 74.4 cm³/mol. The maximum Gasteiger partial charge on any atom is 0.342 e. The highest BCUT2D eigenvalue weighted by atomic mass is 35.5. The topological polar surface area (TPSA) is 103 Å². The number of nitro groups is 1. The molecule has 0 bridgehead atoms. The molecule has 1 N–H and O–H groups in total. The number of aromatic nitrogens is 1. The molecule has 1 aromatic heterocycles.